The molecule has 0 radical (unpaired) electrons. The van der Waals surface area contributed by atoms with E-state index in [0.29, 0.717) is 23.9 Å². The lowest BCUT2D eigenvalue weighted by Crippen LogP contribution is -2.09. The molecule has 0 bridgehead atoms. The number of nitrogens with one attached hydrogen (secondary N) is 1. The SMILES string of the molecule is Cc1cc(C)cc(OCCCCNc2ccc(Cl)cc2C(=O)O)c1. The molecule has 0 saturated heterocycles. The van der Waals surface area contributed by atoms with Gasteiger partial charge in [-0.15, -0.1) is 0 Å². The van der Waals surface area contributed by atoms with Crippen molar-refractivity contribution in [3.63, 3.8) is 0 Å². The number of benzene rings is 2. The average molecular weight is 348 g/mol. The zero-order valence-corrected chi connectivity index (χ0v) is 14.7. The quantitative estimate of drug-likeness (QED) is 0.665. The van der Waals surface area contributed by atoms with Crippen LogP contribution in [0.5, 0.6) is 5.75 Å². The van der Waals surface area contributed by atoms with E-state index in [1.54, 1.807) is 12.1 Å². The van der Waals surface area contributed by atoms with Gasteiger partial charge in [-0.1, -0.05) is 17.7 Å². The number of rotatable bonds is 8. The number of unbranched alkanes of at least 4 members (excludes halogenated alkanes) is 1. The van der Waals surface area contributed by atoms with E-state index in [2.05, 4.69) is 25.2 Å². The molecule has 5 heteroatoms. The summed E-state index contributed by atoms with van der Waals surface area (Å²) in [6, 6.07) is 11.0. The molecule has 0 atom stereocenters. The first-order chi connectivity index (χ1) is 11.5. The number of hydrogen-bond acceptors (Lipinski definition) is 3. The lowest BCUT2D eigenvalue weighted by molar-refractivity contribution is 0.0698. The van der Waals surface area contributed by atoms with Gasteiger partial charge in [0.15, 0.2) is 0 Å². The number of halogens is 1. The van der Waals surface area contributed by atoms with Crippen LogP contribution in [0.25, 0.3) is 0 Å². The molecule has 0 spiro atoms. The molecule has 0 aliphatic carbocycles. The molecule has 128 valence electrons. The Balaban J connectivity index is 1.75. The number of anilines is 1. The van der Waals surface area contributed by atoms with Gasteiger partial charge in [0.05, 0.1) is 12.2 Å². The molecule has 0 saturated carbocycles. The van der Waals surface area contributed by atoms with Crippen LogP contribution in [0.2, 0.25) is 5.02 Å². The van der Waals surface area contributed by atoms with Crippen molar-refractivity contribution in [2.75, 3.05) is 18.5 Å². The Morgan fingerprint density at radius 2 is 1.83 bits per heavy atom. The van der Waals surface area contributed by atoms with Crippen LogP contribution in [-0.2, 0) is 0 Å². The minimum atomic E-state index is -0.988. The van der Waals surface area contributed by atoms with Crippen LogP contribution in [0.3, 0.4) is 0 Å². The maximum Gasteiger partial charge on any atom is 0.337 e. The van der Waals surface area contributed by atoms with Gasteiger partial charge in [0.1, 0.15) is 5.75 Å². The predicted octanol–water partition coefficient (Wildman–Crippen LogP) is 4.93. The zero-order valence-electron chi connectivity index (χ0n) is 13.9. The highest BCUT2D eigenvalue weighted by atomic mass is 35.5. The summed E-state index contributed by atoms with van der Waals surface area (Å²) in [6.45, 7) is 5.42. The summed E-state index contributed by atoms with van der Waals surface area (Å²) in [4.78, 5) is 11.2. The van der Waals surface area contributed by atoms with E-state index in [-0.39, 0.29) is 5.56 Å². The van der Waals surface area contributed by atoms with Crippen LogP contribution in [-0.4, -0.2) is 24.2 Å². The van der Waals surface area contributed by atoms with E-state index in [9.17, 15) is 9.90 Å². The first-order valence-electron chi connectivity index (χ1n) is 7.93. The molecule has 24 heavy (non-hydrogen) atoms. The van der Waals surface area contributed by atoms with Crippen molar-refractivity contribution in [3.05, 3.63) is 58.1 Å². The van der Waals surface area contributed by atoms with Crippen LogP contribution in [0, 0.1) is 13.8 Å². The van der Waals surface area contributed by atoms with Gasteiger partial charge in [-0.2, -0.15) is 0 Å². The number of aromatic carboxylic acids is 1. The van der Waals surface area contributed by atoms with Gasteiger partial charge < -0.3 is 15.2 Å². The summed E-state index contributed by atoms with van der Waals surface area (Å²) in [5.41, 5.74) is 3.15. The predicted molar refractivity (Wildman–Crippen MR) is 97.5 cm³/mol. The average Bonchev–Trinajstić information content (AvgIpc) is 2.50. The van der Waals surface area contributed by atoms with Gasteiger partial charge in [-0.05, 0) is 68.1 Å². The number of hydrogen-bond donors (Lipinski definition) is 2. The van der Waals surface area contributed by atoms with Crippen molar-refractivity contribution in [1.82, 2.24) is 0 Å². The van der Waals surface area contributed by atoms with Gasteiger partial charge >= 0.3 is 5.97 Å². The van der Waals surface area contributed by atoms with Gasteiger partial charge in [0.2, 0.25) is 0 Å². The summed E-state index contributed by atoms with van der Waals surface area (Å²) >= 11 is 5.84. The maximum absolute atomic E-state index is 11.2. The van der Waals surface area contributed by atoms with E-state index in [0.717, 1.165) is 18.6 Å². The molecule has 0 aromatic heterocycles. The normalized spacial score (nSPS) is 10.5. The lowest BCUT2D eigenvalue weighted by Gasteiger charge is -2.11. The molecule has 2 aromatic carbocycles. The molecule has 0 amide bonds. The molecule has 0 unspecified atom stereocenters. The number of carbonyl (C=O) groups is 1. The maximum atomic E-state index is 11.2. The molecular weight excluding hydrogens is 326 g/mol. The minimum absolute atomic E-state index is 0.189. The molecule has 2 rings (SSSR count). The third-order valence-electron chi connectivity index (χ3n) is 3.56. The number of ether oxygens (including phenoxy) is 1. The second kappa shape index (κ2) is 8.60. The third kappa shape index (κ3) is 5.46. The van der Waals surface area contributed by atoms with E-state index in [1.807, 2.05) is 12.1 Å². The van der Waals surface area contributed by atoms with Crippen molar-refractivity contribution in [2.45, 2.75) is 26.7 Å². The Labute approximate surface area is 147 Å². The van der Waals surface area contributed by atoms with E-state index in [1.165, 1.54) is 17.2 Å². The largest absolute Gasteiger partial charge is 0.494 e. The van der Waals surface area contributed by atoms with Crippen molar-refractivity contribution >= 4 is 23.3 Å². The summed E-state index contributed by atoms with van der Waals surface area (Å²) in [7, 11) is 0. The molecule has 0 fully saturated rings. The fourth-order valence-electron chi connectivity index (χ4n) is 2.50. The van der Waals surface area contributed by atoms with Crippen LogP contribution in [0.4, 0.5) is 5.69 Å². The zero-order chi connectivity index (χ0) is 17.5. The first kappa shape index (κ1) is 18.1. The summed E-state index contributed by atoms with van der Waals surface area (Å²) in [6.07, 6.45) is 1.77. The van der Waals surface area contributed by atoms with Crippen molar-refractivity contribution in [3.8, 4) is 5.75 Å². The van der Waals surface area contributed by atoms with Crippen molar-refractivity contribution < 1.29 is 14.6 Å². The summed E-state index contributed by atoms with van der Waals surface area (Å²) < 4.78 is 5.76. The van der Waals surface area contributed by atoms with Gasteiger partial charge in [0.25, 0.3) is 0 Å². The topological polar surface area (TPSA) is 58.6 Å². The Hall–Kier alpha value is -2.20. The Kier molecular flexibility index (Phi) is 6.50. The van der Waals surface area contributed by atoms with Gasteiger partial charge in [-0.25, -0.2) is 4.79 Å². The molecule has 4 nitrogen and oxygen atoms in total. The lowest BCUT2D eigenvalue weighted by atomic mass is 10.1. The molecule has 2 aromatic rings. The summed E-state index contributed by atoms with van der Waals surface area (Å²) in [5.74, 6) is -0.0931. The first-order valence-corrected chi connectivity index (χ1v) is 8.31. The van der Waals surface area contributed by atoms with Crippen LogP contribution in [0.15, 0.2) is 36.4 Å². The fourth-order valence-corrected chi connectivity index (χ4v) is 2.68. The summed E-state index contributed by atoms with van der Waals surface area (Å²) in [5, 5.41) is 12.7. The molecule has 0 heterocycles. The molecule has 2 N–H and O–H groups in total. The Morgan fingerprint density at radius 1 is 1.12 bits per heavy atom. The highest BCUT2D eigenvalue weighted by Crippen LogP contribution is 2.21. The second-order valence-electron chi connectivity index (χ2n) is 5.80. The number of carboxylic acid groups (broad SMARTS) is 1. The Bertz CT molecular complexity index is 696. The van der Waals surface area contributed by atoms with Gasteiger partial charge in [-0.3, -0.25) is 0 Å². The van der Waals surface area contributed by atoms with Crippen molar-refractivity contribution in [2.24, 2.45) is 0 Å². The van der Waals surface area contributed by atoms with Crippen LogP contribution in [0.1, 0.15) is 34.3 Å². The van der Waals surface area contributed by atoms with Crippen LogP contribution >= 0.6 is 11.6 Å². The molecule has 0 aliphatic heterocycles. The van der Waals surface area contributed by atoms with Gasteiger partial charge in [0, 0.05) is 17.3 Å². The van der Waals surface area contributed by atoms with E-state index < -0.39 is 5.97 Å². The number of aryl methyl sites for hydroxylation is 2. The smallest absolute Gasteiger partial charge is 0.337 e. The van der Waals surface area contributed by atoms with Crippen molar-refractivity contribution in [1.29, 1.82) is 0 Å². The molecular formula is C19H22ClNO3. The Morgan fingerprint density at radius 3 is 2.50 bits per heavy atom. The van der Waals surface area contributed by atoms with E-state index >= 15 is 0 Å². The van der Waals surface area contributed by atoms with Crippen LogP contribution < -0.4 is 10.1 Å². The van der Waals surface area contributed by atoms with E-state index in [4.69, 9.17) is 16.3 Å². The monoisotopic (exact) mass is 347 g/mol. The molecule has 0 aliphatic rings. The highest BCUT2D eigenvalue weighted by Gasteiger charge is 2.10. The minimum Gasteiger partial charge on any atom is -0.494 e. The highest BCUT2D eigenvalue weighted by molar-refractivity contribution is 6.31. The fraction of sp³-hybridized carbons (Fsp3) is 0.316. The second-order valence-corrected chi connectivity index (χ2v) is 6.24. The number of carboxylic acids is 1. The third-order valence-corrected chi connectivity index (χ3v) is 3.80. The standard InChI is InChI=1S/C19H22ClNO3/c1-13-9-14(2)11-16(10-13)24-8-4-3-7-21-18-6-5-15(20)12-17(18)19(22)23/h5-6,9-12,21H,3-4,7-8H2,1-2H3,(H,22,23).